The molecule has 1 N–H and O–H groups in total. The molecule has 3 nitrogen and oxygen atoms in total. The molecule has 1 aliphatic rings. The number of methoxy groups -OCH3 is 1. The molecule has 1 heterocycles. The van der Waals surface area contributed by atoms with Crippen molar-refractivity contribution in [3.8, 4) is 0 Å². The molecule has 3 heteroatoms. The Morgan fingerprint density at radius 2 is 2.50 bits per heavy atom. The number of rotatable bonds is 1. The van der Waals surface area contributed by atoms with Gasteiger partial charge in [0.05, 0.1) is 13.0 Å². The van der Waals surface area contributed by atoms with Gasteiger partial charge >= 0.3 is 5.97 Å². The van der Waals surface area contributed by atoms with Gasteiger partial charge in [-0.3, -0.25) is 4.79 Å². The predicted octanol–water partition coefficient (Wildman–Crippen LogP) is 0.159. The summed E-state index contributed by atoms with van der Waals surface area (Å²) in [6.07, 6.45) is 2.05. The smallest absolute Gasteiger partial charge is 0.309 e. The van der Waals surface area contributed by atoms with Crippen molar-refractivity contribution >= 4 is 5.97 Å². The molecule has 0 saturated carbocycles. The third kappa shape index (κ3) is 1.70. The van der Waals surface area contributed by atoms with E-state index in [1.165, 1.54) is 7.11 Å². The SMILES string of the molecule is COC(=O)[C@H]1CCCNC1. The summed E-state index contributed by atoms with van der Waals surface area (Å²) in [6.45, 7) is 1.82. The van der Waals surface area contributed by atoms with Gasteiger partial charge in [0.15, 0.2) is 0 Å². The summed E-state index contributed by atoms with van der Waals surface area (Å²) in [6, 6.07) is 0. The molecule has 1 aliphatic heterocycles. The molecule has 0 radical (unpaired) electrons. The molecule has 58 valence electrons. The highest BCUT2D eigenvalue weighted by Gasteiger charge is 2.20. The summed E-state index contributed by atoms with van der Waals surface area (Å²) in [5.74, 6) is 0.0194. The number of nitrogens with one attached hydrogen (secondary N) is 1. The van der Waals surface area contributed by atoms with E-state index in [9.17, 15) is 4.79 Å². The first-order chi connectivity index (χ1) is 4.84. The number of hydrogen-bond donors (Lipinski definition) is 1. The van der Waals surface area contributed by atoms with Crippen molar-refractivity contribution in [2.45, 2.75) is 12.8 Å². The maximum absolute atomic E-state index is 10.9. The minimum atomic E-state index is -0.0767. The van der Waals surface area contributed by atoms with Gasteiger partial charge in [-0.1, -0.05) is 0 Å². The van der Waals surface area contributed by atoms with Crippen LogP contribution in [-0.4, -0.2) is 26.2 Å². The van der Waals surface area contributed by atoms with Crippen LogP contribution in [0.1, 0.15) is 12.8 Å². The van der Waals surface area contributed by atoms with Crippen molar-refractivity contribution in [1.29, 1.82) is 0 Å². The number of piperidine rings is 1. The van der Waals surface area contributed by atoms with Crippen LogP contribution in [0.2, 0.25) is 0 Å². The van der Waals surface area contributed by atoms with Gasteiger partial charge in [0.25, 0.3) is 0 Å². The standard InChI is InChI=1S/C7H13NO2/c1-10-7(9)6-3-2-4-8-5-6/h6,8H,2-5H2,1H3/t6-/m0/s1. The predicted molar refractivity (Wildman–Crippen MR) is 37.6 cm³/mol. The number of carbonyl (C=O) groups excluding carboxylic acids is 1. The highest BCUT2D eigenvalue weighted by molar-refractivity contribution is 5.72. The van der Waals surface area contributed by atoms with E-state index < -0.39 is 0 Å². The molecule has 0 aromatic rings. The lowest BCUT2D eigenvalue weighted by atomic mass is 10.0. The molecule has 0 amide bonds. The molecule has 1 rings (SSSR count). The maximum atomic E-state index is 10.9. The second-order valence-corrected chi connectivity index (χ2v) is 2.57. The molecular formula is C7H13NO2. The number of hydrogen-bond acceptors (Lipinski definition) is 3. The van der Waals surface area contributed by atoms with Crippen LogP contribution < -0.4 is 5.32 Å². The van der Waals surface area contributed by atoms with Gasteiger partial charge in [0.2, 0.25) is 0 Å². The van der Waals surface area contributed by atoms with Crippen molar-refractivity contribution < 1.29 is 9.53 Å². The fourth-order valence-electron chi connectivity index (χ4n) is 1.22. The zero-order valence-electron chi connectivity index (χ0n) is 6.22. The molecule has 0 aliphatic carbocycles. The Morgan fingerprint density at radius 1 is 1.70 bits per heavy atom. The zero-order chi connectivity index (χ0) is 7.40. The molecule has 0 unspecified atom stereocenters. The van der Waals surface area contributed by atoms with Gasteiger partial charge in [0, 0.05) is 6.54 Å². The minimum Gasteiger partial charge on any atom is -0.469 e. The van der Waals surface area contributed by atoms with E-state index in [0.29, 0.717) is 0 Å². The Hall–Kier alpha value is -0.570. The van der Waals surface area contributed by atoms with Crippen LogP contribution >= 0.6 is 0 Å². The average molecular weight is 143 g/mol. The Kier molecular flexibility index (Phi) is 2.68. The molecule has 0 aromatic heterocycles. The van der Waals surface area contributed by atoms with Gasteiger partial charge in [0.1, 0.15) is 0 Å². The first-order valence-electron chi connectivity index (χ1n) is 3.63. The highest BCUT2D eigenvalue weighted by atomic mass is 16.5. The van der Waals surface area contributed by atoms with Crippen LogP contribution in [-0.2, 0) is 9.53 Å². The lowest BCUT2D eigenvalue weighted by Gasteiger charge is -2.19. The molecule has 0 bridgehead atoms. The second kappa shape index (κ2) is 3.56. The fourth-order valence-corrected chi connectivity index (χ4v) is 1.22. The number of esters is 1. The first kappa shape index (κ1) is 7.54. The van der Waals surface area contributed by atoms with Crippen molar-refractivity contribution in [3.63, 3.8) is 0 Å². The summed E-state index contributed by atoms with van der Waals surface area (Å²) >= 11 is 0. The van der Waals surface area contributed by atoms with Crippen LogP contribution in [0.15, 0.2) is 0 Å². The number of carbonyl (C=O) groups is 1. The third-order valence-corrected chi connectivity index (χ3v) is 1.83. The second-order valence-electron chi connectivity index (χ2n) is 2.57. The van der Waals surface area contributed by atoms with Crippen molar-refractivity contribution in [2.75, 3.05) is 20.2 Å². The van der Waals surface area contributed by atoms with Gasteiger partial charge in [-0.25, -0.2) is 0 Å². The summed E-state index contributed by atoms with van der Waals surface area (Å²) in [7, 11) is 1.44. The van der Waals surface area contributed by atoms with Crippen LogP contribution in [0, 0.1) is 5.92 Å². The van der Waals surface area contributed by atoms with E-state index in [4.69, 9.17) is 0 Å². The molecule has 0 aromatic carbocycles. The monoisotopic (exact) mass is 143 g/mol. The van der Waals surface area contributed by atoms with Crippen LogP contribution in [0.5, 0.6) is 0 Å². The van der Waals surface area contributed by atoms with Crippen molar-refractivity contribution in [2.24, 2.45) is 5.92 Å². The minimum absolute atomic E-state index is 0.0767. The van der Waals surface area contributed by atoms with Crippen LogP contribution in [0.25, 0.3) is 0 Å². The third-order valence-electron chi connectivity index (χ3n) is 1.83. The molecule has 1 atom stereocenters. The summed E-state index contributed by atoms with van der Waals surface area (Å²) in [5.41, 5.74) is 0. The molecule has 10 heavy (non-hydrogen) atoms. The van der Waals surface area contributed by atoms with Gasteiger partial charge in [-0.2, -0.15) is 0 Å². The Bertz CT molecular complexity index is 119. The first-order valence-corrected chi connectivity index (χ1v) is 3.63. The van der Waals surface area contributed by atoms with E-state index >= 15 is 0 Å². The maximum Gasteiger partial charge on any atom is 0.309 e. The van der Waals surface area contributed by atoms with E-state index in [1.54, 1.807) is 0 Å². The summed E-state index contributed by atoms with van der Waals surface area (Å²) < 4.78 is 4.61. The molecule has 0 spiro atoms. The van der Waals surface area contributed by atoms with Gasteiger partial charge < -0.3 is 10.1 Å². The largest absolute Gasteiger partial charge is 0.469 e. The Labute approximate surface area is 60.7 Å². The topological polar surface area (TPSA) is 38.3 Å². The lowest BCUT2D eigenvalue weighted by Crippen LogP contribution is -2.34. The van der Waals surface area contributed by atoms with E-state index in [-0.39, 0.29) is 11.9 Å². The summed E-state index contributed by atoms with van der Waals surface area (Å²) in [5, 5.41) is 3.15. The lowest BCUT2D eigenvalue weighted by molar-refractivity contribution is -0.145. The van der Waals surface area contributed by atoms with Gasteiger partial charge in [-0.05, 0) is 19.4 Å². The van der Waals surface area contributed by atoms with Crippen LogP contribution in [0.3, 0.4) is 0 Å². The van der Waals surface area contributed by atoms with Crippen molar-refractivity contribution in [3.05, 3.63) is 0 Å². The Morgan fingerprint density at radius 3 is 3.00 bits per heavy atom. The normalized spacial score (nSPS) is 25.9. The highest BCUT2D eigenvalue weighted by Crippen LogP contribution is 2.10. The average Bonchev–Trinajstić information content (AvgIpc) is 2.05. The molecular weight excluding hydrogens is 130 g/mol. The molecule has 1 saturated heterocycles. The van der Waals surface area contributed by atoms with E-state index in [2.05, 4.69) is 10.1 Å². The van der Waals surface area contributed by atoms with E-state index in [1.807, 2.05) is 0 Å². The van der Waals surface area contributed by atoms with Gasteiger partial charge in [-0.15, -0.1) is 0 Å². The van der Waals surface area contributed by atoms with Crippen molar-refractivity contribution in [1.82, 2.24) is 5.32 Å². The number of ether oxygens (including phenoxy) is 1. The van der Waals surface area contributed by atoms with E-state index in [0.717, 1.165) is 25.9 Å². The van der Waals surface area contributed by atoms with Crippen LogP contribution in [0.4, 0.5) is 0 Å². The Balaban J connectivity index is 2.31. The fraction of sp³-hybridized carbons (Fsp3) is 0.857. The quantitative estimate of drug-likeness (QED) is 0.531. The summed E-state index contributed by atoms with van der Waals surface area (Å²) in [4.78, 5) is 10.9. The molecule has 1 fully saturated rings. The zero-order valence-corrected chi connectivity index (χ0v) is 6.22.